The zero-order valence-corrected chi connectivity index (χ0v) is 10.3. The van der Waals surface area contributed by atoms with E-state index in [9.17, 15) is 9.90 Å². The third-order valence-corrected chi connectivity index (χ3v) is 2.41. The molecule has 0 saturated carbocycles. The Balaban J connectivity index is 3.28. The molecule has 0 radical (unpaired) electrons. The fourth-order valence-corrected chi connectivity index (χ4v) is 1.54. The summed E-state index contributed by atoms with van der Waals surface area (Å²) in [6.45, 7) is 7.43. The Morgan fingerprint density at radius 1 is 1.44 bits per heavy atom. The molecule has 0 bridgehead atoms. The van der Waals surface area contributed by atoms with Crippen LogP contribution in [0.4, 0.5) is 0 Å². The molecule has 0 fully saturated rings. The normalized spacial score (nSPS) is 13.8. The van der Waals surface area contributed by atoms with Crippen LogP contribution in [0.15, 0.2) is 4.79 Å². The molecular weight excluding hydrogens is 208 g/mol. The second kappa shape index (κ2) is 4.25. The van der Waals surface area contributed by atoms with Crippen LogP contribution in [0.1, 0.15) is 38.3 Å². The van der Waals surface area contributed by atoms with Gasteiger partial charge in [0.1, 0.15) is 11.9 Å². The predicted molar refractivity (Wildman–Crippen MR) is 60.5 cm³/mol. The highest BCUT2D eigenvalue weighted by Gasteiger charge is 2.29. The minimum Gasteiger partial charge on any atom is -0.493 e. The molecule has 0 spiro atoms. The number of H-pyrrole nitrogens is 1. The van der Waals surface area contributed by atoms with Crippen LogP contribution in [0.2, 0.25) is 0 Å². The number of nitrogens with zero attached hydrogens (tertiary/aromatic N) is 1. The lowest BCUT2D eigenvalue weighted by atomic mass is 9.88. The molecule has 1 rings (SSSR count). The van der Waals surface area contributed by atoms with Crippen molar-refractivity contribution in [2.75, 3.05) is 7.11 Å². The molecule has 1 aromatic rings. The Bertz CT molecular complexity index is 432. The third-order valence-electron chi connectivity index (χ3n) is 2.41. The van der Waals surface area contributed by atoms with Crippen molar-refractivity contribution in [1.82, 2.24) is 9.97 Å². The van der Waals surface area contributed by atoms with Crippen LogP contribution in [0.5, 0.6) is 5.88 Å². The van der Waals surface area contributed by atoms with Gasteiger partial charge in [-0.05, 0) is 12.3 Å². The van der Waals surface area contributed by atoms with Gasteiger partial charge in [0.15, 0.2) is 0 Å². The van der Waals surface area contributed by atoms with Gasteiger partial charge in [-0.2, -0.15) is 4.98 Å². The van der Waals surface area contributed by atoms with Crippen LogP contribution in [0.25, 0.3) is 0 Å². The minimum absolute atomic E-state index is 0.215. The Labute approximate surface area is 94.5 Å². The van der Waals surface area contributed by atoms with E-state index in [1.165, 1.54) is 6.92 Å². The van der Waals surface area contributed by atoms with Gasteiger partial charge in [0.25, 0.3) is 5.56 Å². The molecule has 5 heteroatoms. The highest BCUT2D eigenvalue weighted by Crippen LogP contribution is 2.33. The van der Waals surface area contributed by atoms with Crippen LogP contribution < -0.4 is 5.56 Å². The number of aromatic nitrogens is 2. The standard InChI is InChI=1S/C11H18N2O3/c1-6-9(14)12-8(13-10(6)15)7(16-5)11(2,3)4/h7H,1-5H3,(H2,12,13,14,15). The number of hydrogen-bond acceptors (Lipinski definition) is 4. The van der Waals surface area contributed by atoms with E-state index < -0.39 is 0 Å². The van der Waals surface area contributed by atoms with Crippen molar-refractivity contribution >= 4 is 0 Å². The molecule has 0 aliphatic heterocycles. The minimum atomic E-state index is -0.369. The van der Waals surface area contributed by atoms with Gasteiger partial charge in [0.05, 0.1) is 5.56 Å². The molecule has 0 saturated heterocycles. The van der Waals surface area contributed by atoms with Crippen LogP contribution >= 0.6 is 0 Å². The topological polar surface area (TPSA) is 75.2 Å². The second-order valence-corrected chi connectivity index (χ2v) is 4.88. The van der Waals surface area contributed by atoms with Crippen molar-refractivity contribution in [2.24, 2.45) is 5.41 Å². The zero-order valence-electron chi connectivity index (χ0n) is 10.3. The Kier molecular flexibility index (Phi) is 3.38. The lowest BCUT2D eigenvalue weighted by molar-refractivity contribution is 0.00807. The highest BCUT2D eigenvalue weighted by molar-refractivity contribution is 5.21. The number of rotatable bonds is 2. The number of ether oxygens (including phenoxy) is 1. The van der Waals surface area contributed by atoms with E-state index in [1.54, 1.807) is 7.11 Å². The van der Waals surface area contributed by atoms with Gasteiger partial charge in [0, 0.05) is 7.11 Å². The summed E-state index contributed by atoms with van der Waals surface area (Å²) < 4.78 is 5.31. The Morgan fingerprint density at radius 3 is 2.38 bits per heavy atom. The molecule has 16 heavy (non-hydrogen) atoms. The maximum Gasteiger partial charge on any atom is 0.257 e. The third kappa shape index (κ3) is 2.41. The lowest BCUT2D eigenvalue weighted by Crippen LogP contribution is -2.25. The molecule has 0 aromatic carbocycles. The number of methoxy groups -OCH3 is 1. The van der Waals surface area contributed by atoms with Crippen LogP contribution in [0.3, 0.4) is 0 Å². The van der Waals surface area contributed by atoms with Crippen LogP contribution in [-0.4, -0.2) is 22.2 Å². The predicted octanol–water partition coefficient (Wildman–Crippen LogP) is 1.52. The first kappa shape index (κ1) is 12.7. The molecule has 1 atom stereocenters. The fraction of sp³-hybridized carbons (Fsp3) is 0.636. The van der Waals surface area contributed by atoms with Crippen molar-refractivity contribution in [3.63, 3.8) is 0 Å². The number of hydrogen-bond donors (Lipinski definition) is 2. The first-order valence-corrected chi connectivity index (χ1v) is 5.10. The summed E-state index contributed by atoms with van der Waals surface area (Å²) in [4.78, 5) is 18.1. The molecular formula is C11H18N2O3. The molecule has 0 aliphatic carbocycles. The summed E-state index contributed by atoms with van der Waals surface area (Å²) in [5.41, 5.74) is -0.340. The van der Waals surface area contributed by atoms with Gasteiger partial charge in [-0.25, -0.2) is 0 Å². The quantitative estimate of drug-likeness (QED) is 0.801. The van der Waals surface area contributed by atoms with Crippen LogP contribution in [-0.2, 0) is 4.74 Å². The van der Waals surface area contributed by atoms with Gasteiger partial charge in [-0.15, -0.1) is 0 Å². The number of aromatic hydroxyl groups is 1. The maximum atomic E-state index is 11.5. The van der Waals surface area contributed by atoms with Crippen molar-refractivity contribution < 1.29 is 9.84 Å². The summed E-state index contributed by atoms with van der Waals surface area (Å²) in [6.07, 6.45) is -0.369. The van der Waals surface area contributed by atoms with Gasteiger partial charge >= 0.3 is 0 Å². The largest absolute Gasteiger partial charge is 0.493 e. The maximum absolute atomic E-state index is 11.5. The molecule has 0 aliphatic rings. The van der Waals surface area contributed by atoms with E-state index >= 15 is 0 Å². The molecule has 90 valence electrons. The average molecular weight is 226 g/mol. The van der Waals surface area contributed by atoms with E-state index in [2.05, 4.69) is 9.97 Å². The van der Waals surface area contributed by atoms with Gasteiger partial charge in [-0.3, -0.25) is 4.79 Å². The Hall–Kier alpha value is -1.36. The van der Waals surface area contributed by atoms with Crippen molar-refractivity contribution in [2.45, 2.75) is 33.8 Å². The summed E-state index contributed by atoms with van der Waals surface area (Å²) in [7, 11) is 1.55. The van der Waals surface area contributed by atoms with E-state index in [4.69, 9.17) is 4.74 Å². The fourth-order valence-electron chi connectivity index (χ4n) is 1.54. The second-order valence-electron chi connectivity index (χ2n) is 4.88. The average Bonchev–Trinajstić information content (AvgIpc) is 2.12. The summed E-state index contributed by atoms with van der Waals surface area (Å²) in [5, 5.41) is 9.50. The van der Waals surface area contributed by atoms with Crippen molar-refractivity contribution in [3.8, 4) is 5.88 Å². The molecule has 5 nitrogen and oxygen atoms in total. The lowest BCUT2D eigenvalue weighted by Gasteiger charge is -2.28. The summed E-state index contributed by atoms with van der Waals surface area (Å²) in [5.74, 6) is 0.105. The first-order chi connectivity index (χ1) is 7.27. The van der Waals surface area contributed by atoms with Gasteiger partial charge in [0.2, 0.25) is 5.88 Å². The van der Waals surface area contributed by atoms with Crippen LogP contribution in [0, 0.1) is 12.3 Å². The van der Waals surface area contributed by atoms with E-state index in [0.717, 1.165) is 0 Å². The summed E-state index contributed by atoms with van der Waals surface area (Å²) >= 11 is 0. The number of aromatic amines is 1. The molecule has 1 unspecified atom stereocenters. The van der Waals surface area contributed by atoms with Gasteiger partial charge in [-0.1, -0.05) is 20.8 Å². The Morgan fingerprint density at radius 2 is 2.00 bits per heavy atom. The smallest absolute Gasteiger partial charge is 0.257 e. The van der Waals surface area contributed by atoms with E-state index in [1.807, 2.05) is 20.8 Å². The molecule has 1 aromatic heterocycles. The highest BCUT2D eigenvalue weighted by atomic mass is 16.5. The first-order valence-electron chi connectivity index (χ1n) is 5.10. The van der Waals surface area contributed by atoms with E-state index in [0.29, 0.717) is 5.82 Å². The van der Waals surface area contributed by atoms with Gasteiger partial charge < -0.3 is 14.8 Å². The van der Waals surface area contributed by atoms with E-state index in [-0.39, 0.29) is 28.5 Å². The molecule has 2 N–H and O–H groups in total. The molecule has 1 heterocycles. The SMILES string of the molecule is COC(c1nc(O)c(C)c(=O)[nH]1)C(C)(C)C. The molecule has 0 amide bonds. The van der Waals surface area contributed by atoms with Crippen molar-refractivity contribution in [1.29, 1.82) is 0 Å². The van der Waals surface area contributed by atoms with Crippen molar-refractivity contribution in [3.05, 3.63) is 21.7 Å². The number of nitrogens with one attached hydrogen (secondary N) is 1. The zero-order chi connectivity index (χ0) is 12.5. The monoisotopic (exact) mass is 226 g/mol. The summed E-state index contributed by atoms with van der Waals surface area (Å²) in [6, 6.07) is 0.